The van der Waals surface area contributed by atoms with Crippen molar-refractivity contribution in [1.29, 1.82) is 0 Å². The fourth-order valence-corrected chi connectivity index (χ4v) is 3.02. The summed E-state index contributed by atoms with van der Waals surface area (Å²) in [5.74, 6) is 0. The summed E-state index contributed by atoms with van der Waals surface area (Å²) in [7, 11) is -1.39. The Morgan fingerprint density at radius 2 is 1.58 bits per heavy atom. The van der Waals surface area contributed by atoms with Crippen molar-refractivity contribution in [3.8, 4) is 5.69 Å². The Hall–Kier alpha value is -1.35. The number of rotatable bonds is 2. The molecule has 0 aliphatic heterocycles. The van der Waals surface area contributed by atoms with Crippen LogP contribution in [0.4, 0.5) is 0 Å². The second-order valence-electron chi connectivity index (χ2n) is 7.16. The highest BCUT2D eigenvalue weighted by Crippen LogP contribution is 2.24. The van der Waals surface area contributed by atoms with Crippen LogP contribution in [0.15, 0.2) is 36.4 Å². The van der Waals surface area contributed by atoms with E-state index in [0.29, 0.717) is 0 Å². The normalized spacial score (nSPS) is 12.7. The SMILES string of the molecule is CC(C)(C)c1cc([Si](C)(C)C)nn1-c1ccccc1. The Labute approximate surface area is 117 Å². The summed E-state index contributed by atoms with van der Waals surface area (Å²) < 4.78 is 2.12. The summed E-state index contributed by atoms with van der Waals surface area (Å²) in [6.07, 6.45) is 0. The lowest BCUT2D eigenvalue weighted by molar-refractivity contribution is 0.544. The Morgan fingerprint density at radius 3 is 2.05 bits per heavy atom. The molecule has 0 spiro atoms. The molecule has 0 aliphatic carbocycles. The van der Waals surface area contributed by atoms with Crippen molar-refractivity contribution in [1.82, 2.24) is 9.78 Å². The minimum atomic E-state index is -1.39. The molecule has 0 fully saturated rings. The molecule has 1 aromatic heterocycles. The molecule has 0 atom stereocenters. The van der Waals surface area contributed by atoms with E-state index in [1.807, 2.05) is 6.07 Å². The Balaban J connectivity index is 2.63. The number of benzene rings is 1. The molecule has 2 nitrogen and oxygen atoms in total. The highest BCUT2D eigenvalue weighted by molar-refractivity contribution is 6.88. The first-order chi connectivity index (χ1) is 8.69. The van der Waals surface area contributed by atoms with Crippen molar-refractivity contribution >= 4 is 13.4 Å². The maximum atomic E-state index is 4.90. The molecule has 3 heteroatoms. The van der Waals surface area contributed by atoms with Gasteiger partial charge in [0.1, 0.15) is 8.07 Å². The molecular weight excluding hydrogens is 248 g/mol. The van der Waals surface area contributed by atoms with Crippen LogP contribution in [0.3, 0.4) is 0 Å². The monoisotopic (exact) mass is 272 g/mol. The molecule has 2 aromatic rings. The van der Waals surface area contributed by atoms with E-state index >= 15 is 0 Å². The molecule has 0 saturated carbocycles. The van der Waals surface area contributed by atoms with E-state index < -0.39 is 8.07 Å². The van der Waals surface area contributed by atoms with Crippen molar-refractivity contribution in [3.63, 3.8) is 0 Å². The number of para-hydroxylation sites is 1. The van der Waals surface area contributed by atoms with Crippen LogP contribution in [0, 0.1) is 0 Å². The third kappa shape index (κ3) is 2.98. The molecule has 1 aromatic carbocycles. The lowest BCUT2D eigenvalue weighted by Gasteiger charge is -2.20. The number of nitrogens with zero attached hydrogens (tertiary/aromatic N) is 2. The third-order valence-corrected chi connectivity index (χ3v) is 5.03. The highest BCUT2D eigenvalue weighted by Gasteiger charge is 2.27. The zero-order valence-corrected chi connectivity index (χ0v) is 13.9. The Bertz CT molecular complexity index is 557. The van der Waals surface area contributed by atoms with Crippen LogP contribution in [0.2, 0.25) is 19.6 Å². The average Bonchev–Trinajstić information content (AvgIpc) is 2.74. The van der Waals surface area contributed by atoms with E-state index in [4.69, 9.17) is 5.10 Å². The van der Waals surface area contributed by atoms with E-state index in [-0.39, 0.29) is 5.41 Å². The number of hydrogen-bond donors (Lipinski definition) is 0. The maximum Gasteiger partial charge on any atom is 0.104 e. The van der Waals surface area contributed by atoms with Crippen molar-refractivity contribution in [2.45, 2.75) is 45.8 Å². The van der Waals surface area contributed by atoms with Gasteiger partial charge in [0.15, 0.2) is 0 Å². The van der Waals surface area contributed by atoms with Gasteiger partial charge in [0.05, 0.1) is 5.69 Å². The summed E-state index contributed by atoms with van der Waals surface area (Å²) in [5, 5.41) is 6.18. The molecule has 0 N–H and O–H groups in total. The third-order valence-electron chi connectivity index (χ3n) is 3.25. The maximum absolute atomic E-state index is 4.90. The van der Waals surface area contributed by atoms with Crippen molar-refractivity contribution in [2.24, 2.45) is 0 Å². The van der Waals surface area contributed by atoms with Crippen molar-refractivity contribution in [2.75, 3.05) is 0 Å². The van der Waals surface area contributed by atoms with E-state index in [0.717, 1.165) is 5.69 Å². The summed E-state index contributed by atoms with van der Waals surface area (Å²) >= 11 is 0. The lowest BCUT2D eigenvalue weighted by Crippen LogP contribution is -2.39. The molecule has 1 heterocycles. The molecule has 0 saturated heterocycles. The standard InChI is InChI=1S/C16H24N2Si/c1-16(2,3)14-12-15(19(4,5)6)17-18(14)13-10-8-7-9-11-13/h7-12H,1-6H3. The van der Waals surface area contributed by atoms with Crippen LogP contribution in [-0.4, -0.2) is 17.9 Å². The number of aromatic nitrogens is 2. The van der Waals surface area contributed by atoms with Crippen LogP contribution in [0.5, 0.6) is 0 Å². The van der Waals surface area contributed by atoms with E-state index in [9.17, 15) is 0 Å². The quantitative estimate of drug-likeness (QED) is 0.762. The van der Waals surface area contributed by atoms with Gasteiger partial charge in [-0.25, -0.2) is 4.68 Å². The first kappa shape index (κ1) is 14.1. The average molecular weight is 272 g/mol. The van der Waals surface area contributed by atoms with Crippen LogP contribution in [-0.2, 0) is 5.41 Å². The second kappa shape index (κ2) is 4.64. The molecule has 0 amide bonds. The zero-order valence-electron chi connectivity index (χ0n) is 12.9. The molecule has 0 unspecified atom stereocenters. The fourth-order valence-electron chi connectivity index (χ4n) is 2.05. The second-order valence-corrected chi connectivity index (χ2v) is 12.2. The van der Waals surface area contributed by atoms with Crippen LogP contribution < -0.4 is 5.32 Å². The van der Waals surface area contributed by atoms with E-state index in [1.165, 1.54) is 11.0 Å². The minimum absolute atomic E-state index is 0.0980. The molecule has 19 heavy (non-hydrogen) atoms. The summed E-state index contributed by atoms with van der Waals surface area (Å²) in [5.41, 5.74) is 2.54. The van der Waals surface area contributed by atoms with E-state index in [2.05, 4.69) is 75.4 Å². The van der Waals surface area contributed by atoms with Crippen LogP contribution in [0.25, 0.3) is 5.69 Å². The van der Waals surface area contributed by atoms with Crippen molar-refractivity contribution < 1.29 is 0 Å². The van der Waals surface area contributed by atoms with Crippen molar-refractivity contribution in [3.05, 3.63) is 42.1 Å². The van der Waals surface area contributed by atoms with Gasteiger partial charge in [0.2, 0.25) is 0 Å². The topological polar surface area (TPSA) is 17.8 Å². The fraction of sp³-hybridized carbons (Fsp3) is 0.438. The largest absolute Gasteiger partial charge is 0.237 e. The first-order valence-electron chi connectivity index (χ1n) is 6.86. The predicted molar refractivity (Wildman–Crippen MR) is 85.2 cm³/mol. The Morgan fingerprint density at radius 1 is 1.00 bits per heavy atom. The zero-order chi connectivity index (χ0) is 14.3. The molecule has 0 radical (unpaired) electrons. The number of hydrogen-bond acceptors (Lipinski definition) is 1. The first-order valence-corrected chi connectivity index (χ1v) is 10.4. The summed E-state index contributed by atoms with van der Waals surface area (Å²) in [4.78, 5) is 0. The van der Waals surface area contributed by atoms with Gasteiger partial charge in [0, 0.05) is 16.4 Å². The van der Waals surface area contributed by atoms with Gasteiger partial charge in [-0.05, 0) is 18.2 Å². The lowest BCUT2D eigenvalue weighted by atomic mass is 9.92. The molecule has 102 valence electrons. The van der Waals surface area contributed by atoms with Gasteiger partial charge in [-0.3, -0.25) is 0 Å². The molecular formula is C16H24N2Si. The highest BCUT2D eigenvalue weighted by atomic mass is 28.3. The molecule has 0 bridgehead atoms. The van der Waals surface area contributed by atoms with E-state index in [1.54, 1.807) is 0 Å². The van der Waals surface area contributed by atoms with Crippen LogP contribution in [0.1, 0.15) is 26.5 Å². The van der Waals surface area contributed by atoms with Gasteiger partial charge in [-0.15, -0.1) is 0 Å². The Kier molecular flexibility index (Phi) is 3.43. The van der Waals surface area contributed by atoms with Crippen LogP contribution >= 0.6 is 0 Å². The smallest absolute Gasteiger partial charge is 0.104 e. The molecule has 2 rings (SSSR count). The van der Waals surface area contributed by atoms with Gasteiger partial charge in [0.25, 0.3) is 0 Å². The summed E-state index contributed by atoms with van der Waals surface area (Å²) in [6.45, 7) is 13.8. The van der Waals surface area contributed by atoms with Gasteiger partial charge in [-0.1, -0.05) is 58.6 Å². The molecule has 0 aliphatic rings. The minimum Gasteiger partial charge on any atom is -0.237 e. The van der Waals surface area contributed by atoms with Gasteiger partial charge in [-0.2, -0.15) is 5.10 Å². The summed E-state index contributed by atoms with van der Waals surface area (Å²) in [6, 6.07) is 12.7. The van der Waals surface area contributed by atoms with Gasteiger partial charge < -0.3 is 0 Å². The predicted octanol–water partition coefficient (Wildman–Crippen LogP) is 3.72. The van der Waals surface area contributed by atoms with Gasteiger partial charge >= 0.3 is 0 Å².